The molecule has 0 fully saturated rings. The maximum Gasteiger partial charge on any atom is 0.320 e. The first-order chi connectivity index (χ1) is 6.11. The van der Waals surface area contributed by atoms with Crippen molar-refractivity contribution in [1.82, 2.24) is 10.3 Å². The predicted octanol–water partition coefficient (Wildman–Crippen LogP) is 1.45. The third-order valence-electron chi connectivity index (χ3n) is 1.57. The number of amides is 2. The molecule has 13 heavy (non-hydrogen) atoms. The Balaban J connectivity index is 2.83. The minimum atomic E-state index is -0.252. The van der Waals surface area contributed by atoms with Gasteiger partial charge in [-0.1, -0.05) is 0 Å². The van der Waals surface area contributed by atoms with Crippen LogP contribution in [0.3, 0.4) is 0 Å². The maximum atomic E-state index is 10.9. The number of nitrogens with zero attached hydrogens (tertiary/aromatic N) is 1. The van der Waals surface area contributed by atoms with Crippen molar-refractivity contribution in [2.24, 2.45) is 0 Å². The van der Waals surface area contributed by atoms with Crippen LogP contribution in [0.2, 0.25) is 0 Å². The smallest absolute Gasteiger partial charge is 0.320 e. The zero-order chi connectivity index (χ0) is 9.84. The van der Waals surface area contributed by atoms with E-state index in [9.17, 15) is 4.79 Å². The second kappa shape index (κ2) is 3.89. The lowest BCUT2D eigenvalue weighted by atomic mass is 10.2. The van der Waals surface area contributed by atoms with Gasteiger partial charge in [-0.3, -0.25) is 5.32 Å². The third-order valence-corrected chi connectivity index (χ3v) is 1.57. The van der Waals surface area contributed by atoms with E-state index in [0.717, 1.165) is 11.3 Å². The highest BCUT2D eigenvalue weighted by Crippen LogP contribution is 2.08. The number of anilines is 1. The van der Waals surface area contributed by atoms with Crippen molar-refractivity contribution in [1.29, 1.82) is 0 Å². The molecule has 0 spiro atoms. The zero-order valence-corrected chi connectivity index (χ0v) is 8.01. The van der Waals surface area contributed by atoms with E-state index < -0.39 is 0 Å². The molecule has 2 amide bonds. The molecule has 1 aromatic heterocycles. The number of nitrogens with one attached hydrogen (secondary N) is 2. The molecule has 0 saturated heterocycles. The summed E-state index contributed by atoms with van der Waals surface area (Å²) in [6, 6.07) is 3.52. The molecule has 0 bridgehead atoms. The van der Waals surface area contributed by atoms with Crippen LogP contribution in [0.1, 0.15) is 11.3 Å². The van der Waals surface area contributed by atoms with Crippen molar-refractivity contribution in [2.75, 3.05) is 12.4 Å². The summed E-state index contributed by atoms with van der Waals surface area (Å²) in [5.41, 5.74) is 1.98. The molecule has 1 rings (SSSR count). The Labute approximate surface area is 77.4 Å². The summed E-state index contributed by atoms with van der Waals surface area (Å²) in [6.45, 7) is 3.85. The monoisotopic (exact) mass is 179 g/mol. The van der Waals surface area contributed by atoms with E-state index in [1.165, 1.54) is 0 Å². The molecule has 0 radical (unpaired) electrons. The van der Waals surface area contributed by atoms with Gasteiger partial charge in [0, 0.05) is 12.7 Å². The van der Waals surface area contributed by atoms with Crippen molar-refractivity contribution in [3.63, 3.8) is 0 Å². The first kappa shape index (κ1) is 9.51. The van der Waals surface area contributed by atoms with E-state index >= 15 is 0 Å². The average molecular weight is 179 g/mol. The second-order valence-electron chi connectivity index (χ2n) is 2.88. The lowest BCUT2D eigenvalue weighted by Crippen LogP contribution is -2.25. The molecule has 0 aliphatic rings. The molecule has 4 heteroatoms. The fourth-order valence-corrected chi connectivity index (χ4v) is 1.08. The molecule has 4 nitrogen and oxygen atoms in total. The number of hydrogen-bond donors (Lipinski definition) is 2. The van der Waals surface area contributed by atoms with Gasteiger partial charge in [-0.25, -0.2) is 9.78 Å². The number of aromatic nitrogens is 1. The van der Waals surface area contributed by atoms with Gasteiger partial charge in [0.15, 0.2) is 0 Å². The second-order valence-corrected chi connectivity index (χ2v) is 2.88. The molecule has 2 N–H and O–H groups in total. The maximum absolute atomic E-state index is 10.9. The van der Waals surface area contributed by atoms with E-state index in [2.05, 4.69) is 15.6 Å². The number of hydrogen-bond acceptors (Lipinski definition) is 2. The largest absolute Gasteiger partial charge is 0.341 e. The molecule has 70 valence electrons. The predicted molar refractivity (Wildman–Crippen MR) is 51.8 cm³/mol. The van der Waals surface area contributed by atoms with Gasteiger partial charge in [0.25, 0.3) is 0 Å². The minimum Gasteiger partial charge on any atom is -0.341 e. The van der Waals surface area contributed by atoms with Gasteiger partial charge in [0.1, 0.15) is 5.82 Å². The Hall–Kier alpha value is -1.58. The Morgan fingerprint density at radius 2 is 2.08 bits per heavy atom. The summed E-state index contributed by atoms with van der Waals surface area (Å²) in [5.74, 6) is 0.580. The van der Waals surface area contributed by atoms with Gasteiger partial charge < -0.3 is 5.32 Å². The molecular weight excluding hydrogens is 166 g/mol. The SMILES string of the molecule is CNC(=O)Nc1cc(C)cc(C)n1. The first-order valence-corrected chi connectivity index (χ1v) is 4.06. The molecular formula is C9H13N3O. The average Bonchev–Trinajstić information content (AvgIpc) is 2.02. The number of carbonyl (C=O) groups is 1. The molecule has 1 aromatic rings. The van der Waals surface area contributed by atoms with Crippen LogP contribution < -0.4 is 10.6 Å². The Morgan fingerprint density at radius 1 is 1.38 bits per heavy atom. The van der Waals surface area contributed by atoms with Crippen LogP contribution in [-0.2, 0) is 0 Å². The fraction of sp³-hybridized carbons (Fsp3) is 0.333. The highest BCUT2D eigenvalue weighted by molar-refractivity contribution is 5.87. The van der Waals surface area contributed by atoms with Crippen molar-refractivity contribution >= 4 is 11.8 Å². The fourth-order valence-electron chi connectivity index (χ4n) is 1.08. The van der Waals surface area contributed by atoms with E-state index in [4.69, 9.17) is 0 Å². The van der Waals surface area contributed by atoms with Crippen molar-refractivity contribution < 1.29 is 4.79 Å². The molecule has 0 saturated carbocycles. The van der Waals surface area contributed by atoms with Crippen LogP contribution in [-0.4, -0.2) is 18.1 Å². The zero-order valence-electron chi connectivity index (χ0n) is 8.01. The summed E-state index contributed by atoms with van der Waals surface area (Å²) >= 11 is 0. The molecule has 0 aliphatic carbocycles. The lowest BCUT2D eigenvalue weighted by Gasteiger charge is -2.05. The van der Waals surface area contributed by atoms with Crippen LogP contribution in [0, 0.1) is 13.8 Å². The number of pyridine rings is 1. The van der Waals surface area contributed by atoms with E-state index in [0.29, 0.717) is 5.82 Å². The van der Waals surface area contributed by atoms with Crippen LogP contribution in [0.15, 0.2) is 12.1 Å². The highest BCUT2D eigenvalue weighted by Gasteiger charge is 2.00. The number of rotatable bonds is 1. The van der Waals surface area contributed by atoms with Crippen molar-refractivity contribution in [3.8, 4) is 0 Å². The van der Waals surface area contributed by atoms with Crippen molar-refractivity contribution in [2.45, 2.75) is 13.8 Å². The van der Waals surface area contributed by atoms with Crippen molar-refractivity contribution in [3.05, 3.63) is 23.4 Å². The van der Waals surface area contributed by atoms with Gasteiger partial charge in [0.05, 0.1) is 0 Å². The normalized spacial score (nSPS) is 9.46. The Bertz CT molecular complexity index is 302. The number of urea groups is 1. The van der Waals surface area contributed by atoms with Gasteiger partial charge >= 0.3 is 6.03 Å². The molecule has 1 heterocycles. The molecule has 0 aliphatic heterocycles. The molecule has 0 unspecified atom stereocenters. The minimum absolute atomic E-state index is 0.252. The van der Waals surface area contributed by atoms with E-state index in [1.807, 2.05) is 26.0 Å². The summed E-state index contributed by atoms with van der Waals surface area (Å²) in [5, 5.41) is 5.07. The Kier molecular flexibility index (Phi) is 2.84. The van der Waals surface area contributed by atoms with Crippen LogP contribution >= 0.6 is 0 Å². The van der Waals surface area contributed by atoms with E-state index in [-0.39, 0.29) is 6.03 Å². The Morgan fingerprint density at radius 3 is 2.62 bits per heavy atom. The van der Waals surface area contributed by atoms with Gasteiger partial charge in [-0.2, -0.15) is 0 Å². The van der Waals surface area contributed by atoms with Crippen LogP contribution in [0.5, 0.6) is 0 Å². The first-order valence-electron chi connectivity index (χ1n) is 4.06. The molecule has 0 atom stereocenters. The lowest BCUT2D eigenvalue weighted by molar-refractivity contribution is 0.254. The summed E-state index contributed by atoms with van der Waals surface area (Å²) in [6.07, 6.45) is 0. The summed E-state index contributed by atoms with van der Waals surface area (Å²) in [4.78, 5) is 15.1. The van der Waals surface area contributed by atoms with Gasteiger partial charge in [-0.15, -0.1) is 0 Å². The van der Waals surface area contributed by atoms with Crippen LogP contribution in [0.25, 0.3) is 0 Å². The van der Waals surface area contributed by atoms with Gasteiger partial charge in [0.2, 0.25) is 0 Å². The summed E-state index contributed by atoms with van der Waals surface area (Å²) < 4.78 is 0. The number of aryl methyl sites for hydroxylation is 2. The van der Waals surface area contributed by atoms with Gasteiger partial charge in [-0.05, 0) is 31.5 Å². The highest BCUT2D eigenvalue weighted by atomic mass is 16.2. The topological polar surface area (TPSA) is 54.0 Å². The van der Waals surface area contributed by atoms with E-state index in [1.54, 1.807) is 7.05 Å². The standard InChI is InChI=1S/C9H13N3O/c1-6-4-7(2)11-8(5-6)12-9(13)10-3/h4-5H,1-3H3,(H2,10,11,12,13). The molecule has 0 aromatic carbocycles. The summed E-state index contributed by atoms with van der Waals surface area (Å²) in [7, 11) is 1.57. The quantitative estimate of drug-likeness (QED) is 0.685. The van der Waals surface area contributed by atoms with Crippen LogP contribution in [0.4, 0.5) is 10.6 Å². The number of carbonyl (C=O) groups excluding carboxylic acids is 1. The third kappa shape index (κ3) is 2.74.